The van der Waals surface area contributed by atoms with Crippen LogP contribution >= 0.6 is 0 Å². The molecular formula is C18H14N2O5S2. The molecule has 0 atom stereocenters. The van der Waals surface area contributed by atoms with Gasteiger partial charge < -0.3 is 0 Å². The van der Waals surface area contributed by atoms with Gasteiger partial charge in [0.05, 0.1) is 15.5 Å². The van der Waals surface area contributed by atoms with E-state index in [1.165, 1.54) is 24.3 Å². The van der Waals surface area contributed by atoms with Crippen LogP contribution in [0.1, 0.15) is 0 Å². The second kappa shape index (κ2) is 7.29. The fourth-order valence-corrected chi connectivity index (χ4v) is 4.37. The molecule has 0 saturated heterocycles. The van der Waals surface area contributed by atoms with Gasteiger partial charge in [-0.3, -0.25) is 9.52 Å². The summed E-state index contributed by atoms with van der Waals surface area (Å²) in [5, 5.41) is 0. The molecule has 1 aliphatic rings. The van der Waals surface area contributed by atoms with E-state index in [4.69, 9.17) is 0 Å². The lowest BCUT2D eigenvalue weighted by molar-refractivity contribution is -0.110. The lowest BCUT2D eigenvalue weighted by atomic mass is 10.1. The van der Waals surface area contributed by atoms with Gasteiger partial charge in [0.15, 0.2) is 5.78 Å². The van der Waals surface area contributed by atoms with Crippen LogP contribution in [0.25, 0.3) is 0 Å². The van der Waals surface area contributed by atoms with E-state index in [-0.39, 0.29) is 21.2 Å². The molecule has 1 N–H and O–H groups in total. The van der Waals surface area contributed by atoms with Crippen molar-refractivity contribution in [2.24, 2.45) is 4.40 Å². The highest BCUT2D eigenvalue weighted by atomic mass is 32.2. The van der Waals surface area contributed by atoms with Crippen molar-refractivity contribution >= 4 is 31.5 Å². The van der Waals surface area contributed by atoms with Crippen LogP contribution in [0.15, 0.2) is 98.8 Å². The van der Waals surface area contributed by atoms with Crippen molar-refractivity contribution in [3.63, 3.8) is 0 Å². The average Bonchev–Trinajstić information content (AvgIpc) is 2.65. The van der Waals surface area contributed by atoms with E-state index in [0.717, 1.165) is 18.2 Å². The first-order valence-corrected chi connectivity index (χ1v) is 10.6. The van der Waals surface area contributed by atoms with Gasteiger partial charge in [0.2, 0.25) is 0 Å². The van der Waals surface area contributed by atoms with Gasteiger partial charge in [0, 0.05) is 6.08 Å². The van der Waals surface area contributed by atoms with Crippen molar-refractivity contribution in [3.8, 4) is 0 Å². The molecule has 0 heterocycles. The summed E-state index contributed by atoms with van der Waals surface area (Å²) >= 11 is 0. The van der Waals surface area contributed by atoms with Crippen molar-refractivity contribution < 1.29 is 21.6 Å². The van der Waals surface area contributed by atoms with Gasteiger partial charge in [0.1, 0.15) is 5.71 Å². The van der Waals surface area contributed by atoms with Crippen LogP contribution in [0, 0.1) is 0 Å². The van der Waals surface area contributed by atoms with E-state index in [0.29, 0.717) is 0 Å². The third kappa shape index (κ3) is 4.39. The van der Waals surface area contributed by atoms with E-state index in [1.807, 2.05) is 0 Å². The second-order valence-corrected chi connectivity index (χ2v) is 8.76. The molecule has 138 valence electrons. The quantitative estimate of drug-likeness (QED) is 0.767. The van der Waals surface area contributed by atoms with Gasteiger partial charge in [-0.05, 0) is 36.4 Å². The lowest BCUT2D eigenvalue weighted by Gasteiger charge is -2.14. The number of rotatable bonds is 5. The Bertz CT molecular complexity index is 1160. The Morgan fingerprint density at radius 2 is 1.30 bits per heavy atom. The van der Waals surface area contributed by atoms with E-state index < -0.39 is 25.8 Å². The molecule has 0 aromatic heterocycles. The summed E-state index contributed by atoms with van der Waals surface area (Å²) in [6.45, 7) is 0. The first kappa shape index (κ1) is 18.7. The summed E-state index contributed by atoms with van der Waals surface area (Å²) < 4.78 is 55.8. The standard InChI is InChI=1S/C18H14N2O5S2/c21-14-11-12-17(19-26(22,23)15-7-3-1-4-8-15)18(13-14)20-27(24,25)16-9-5-2-6-10-16/h1-13,20H/b19-17-. The highest BCUT2D eigenvalue weighted by Gasteiger charge is 2.22. The molecule has 0 fully saturated rings. The molecule has 2 aromatic carbocycles. The van der Waals surface area contributed by atoms with Gasteiger partial charge in [-0.2, -0.15) is 12.8 Å². The van der Waals surface area contributed by atoms with Crippen LogP contribution in [-0.4, -0.2) is 28.3 Å². The number of hydrogen-bond donors (Lipinski definition) is 1. The molecule has 27 heavy (non-hydrogen) atoms. The molecule has 1 aliphatic carbocycles. The summed E-state index contributed by atoms with van der Waals surface area (Å²) in [7, 11) is -8.10. The number of nitrogens with one attached hydrogen (secondary N) is 1. The summed E-state index contributed by atoms with van der Waals surface area (Å²) in [4.78, 5) is 11.6. The summed E-state index contributed by atoms with van der Waals surface area (Å²) in [5.74, 6) is -0.489. The predicted molar refractivity (Wildman–Crippen MR) is 100 cm³/mol. The SMILES string of the molecule is O=C1C=C/C(=N/S(=O)(=O)c2ccccc2)C(NS(=O)(=O)c2ccccc2)=C1. The number of hydrogen-bond acceptors (Lipinski definition) is 5. The summed E-state index contributed by atoms with van der Waals surface area (Å²) in [5.41, 5.74) is -0.399. The molecular weight excluding hydrogens is 388 g/mol. The van der Waals surface area contributed by atoms with E-state index in [9.17, 15) is 21.6 Å². The zero-order valence-electron chi connectivity index (χ0n) is 13.8. The highest BCUT2D eigenvalue weighted by Crippen LogP contribution is 2.17. The zero-order valence-corrected chi connectivity index (χ0v) is 15.4. The minimum atomic E-state index is -4.08. The Hall–Kier alpha value is -3.04. The Morgan fingerprint density at radius 1 is 0.741 bits per heavy atom. The maximum atomic E-state index is 12.5. The maximum absolute atomic E-state index is 12.5. The topological polar surface area (TPSA) is 110 Å². The van der Waals surface area contributed by atoms with E-state index in [1.54, 1.807) is 36.4 Å². The number of sulfonamides is 2. The van der Waals surface area contributed by atoms with Crippen molar-refractivity contribution in [2.75, 3.05) is 0 Å². The normalized spacial score (nSPS) is 16.2. The molecule has 0 saturated carbocycles. The van der Waals surface area contributed by atoms with Crippen molar-refractivity contribution in [1.29, 1.82) is 0 Å². The predicted octanol–water partition coefficient (Wildman–Crippen LogP) is 1.82. The Labute approximate surface area is 156 Å². The lowest BCUT2D eigenvalue weighted by Crippen LogP contribution is -2.29. The summed E-state index contributed by atoms with van der Waals surface area (Å²) in [6, 6.07) is 15.0. The monoisotopic (exact) mass is 402 g/mol. The molecule has 0 bridgehead atoms. The van der Waals surface area contributed by atoms with Gasteiger partial charge in [-0.15, -0.1) is 0 Å². The van der Waals surface area contributed by atoms with Crippen LogP contribution < -0.4 is 4.72 Å². The van der Waals surface area contributed by atoms with Crippen LogP contribution in [0.5, 0.6) is 0 Å². The molecule has 0 aliphatic heterocycles. The minimum absolute atomic E-state index is 0.0295. The minimum Gasteiger partial charge on any atom is -0.290 e. The number of carbonyl (C=O) groups is 1. The number of benzene rings is 2. The van der Waals surface area contributed by atoms with E-state index >= 15 is 0 Å². The smallest absolute Gasteiger partial charge is 0.282 e. The number of carbonyl (C=O) groups excluding carboxylic acids is 1. The number of allylic oxidation sites excluding steroid dienone is 3. The number of ketones is 1. The molecule has 3 rings (SSSR count). The largest absolute Gasteiger partial charge is 0.290 e. The van der Waals surface area contributed by atoms with Crippen molar-refractivity contribution in [1.82, 2.24) is 4.72 Å². The fourth-order valence-electron chi connectivity index (χ4n) is 2.25. The molecule has 9 heteroatoms. The van der Waals surface area contributed by atoms with Gasteiger partial charge in [-0.1, -0.05) is 36.4 Å². The third-order valence-electron chi connectivity index (χ3n) is 3.53. The Kier molecular flexibility index (Phi) is 5.06. The second-order valence-electron chi connectivity index (χ2n) is 5.48. The maximum Gasteiger partial charge on any atom is 0.282 e. The molecule has 7 nitrogen and oxygen atoms in total. The number of nitrogens with zero attached hydrogens (tertiary/aromatic N) is 1. The molecule has 0 spiro atoms. The zero-order chi connectivity index (χ0) is 19.5. The molecule has 0 unspecified atom stereocenters. The van der Waals surface area contributed by atoms with Gasteiger partial charge in [-0.25, -0.2) is 8.42 Å². The first-order chi connectivity index (χ1) is 12.8. The highest BCUT2D eigenvalue weighted by molar-refractivity contribution is 7.90. The van der Waals surface area contributed by atoms with Crippen LogP contribution in [0.4, 0.5) is 0 Å². The molecule has 0 amide bonds. The van der Waals surface area contributed by atoms with E-state index in [2.05, 4.69) is 9.12 Å². The first-order valence-electron chi connectivity index (χ1n) is 7.70. The molecule has 2 aromatic rings. The van der Waals surface area contributed by atoms with Gasteiger partial charge in [0.25, 0.3) is 20.0 Å². The Balaban J connectivity index is 1.99. The third-order valence-corrected chi connectivity index (χ3v) is 6.21. The fraction of sp³-hybridized carbons (Fsp3) is 0. The van der Waals surface area contributed by atoms with Crippen LogP contribution in [0.2, 0.25) is 0 Å². The van der Waals surface area contributed by atoms with Crippen LogP contribution in [-0.2, 0) is 24.8 Å². The molecule has 0 radical (unpaired) electrons. The van der Waals surface area contributed by atoms with Crippen molar-refractivity contribution in [3.05, 3.63) is 84.6 Å². The Morgan fingerprint density at radius 3 is 1.89 bits per heavy atom. The summed E-state index contributed by atoms with van der Waals surface area (Å²) in [6.07, 6.45) is 3.26. The van der Waals surface area contributed by atoms with Crippen LogP contribution in [0.3, 0.4) is 0 Å². The van der Waals surface area contributed by atoms with Gasteiger partial charge >= 0.3 is 0 Å². The van der Waals surface area contributed by atoms with Crippen molar-refractivity contribution in [2.45, 2.75) is 9.79 Å². The average molecular weight is 402 g/mol.